The van der Waals surface area contributed by atoms with Crippen molar-refractivity contribution in [1.82, 2.24) is 10.3 Å². The highest BCUT2D eigenvalue weighted by Gasteiger charge is 2.07. The fourth-order valence-corrected chi connectivity index (χ4v) is 2.89. The van der Waals surface area contributed by atoms with Crippen LogP contribution in [0.25, 0.3) is 10.9 Å². The maximum Gasteiger partial charge on any atom is 0.312 e. The molecule has 156 valence electrons. The van der Waals surface area contributed by atoms with E-state index in [0.717, 1.165) is 22.2 Å². The molecule has 1 heterocycles. The van der Waals surface area contributed by atoms with Crippen LogP contribution in [0, 0.1) is 0 Å². The molecule has 0 aliphatic heterocycles. The molecule has 0 aliphatic rings. The number of aromatic nitrogens is 1. The zero-order valence-corrected chi connectivity index (χ0v) is 16.9. The highest BCUT2D eigenvalue weighted by molar-refractivity contribution is 5.93. The zero-order valence-electron chi connectivity index (χ0n) is 16.9. The van der Waals surface area contributed by atoms with Crippen molar-refractivity contribution in [3.8, 4) is 17.4 Å². The number of carboxylic acids is 1. The monoisotopic (exact) mass is 408 g/mol. The van der Waals surface area contributed by atoms with E-state index in [0.29, 0.717) is 24.6 Å². The Bertz CT molecular complexity index is 1030. The van der Waals surface area contributed by atoms with Crippen molar-refractivity contribution in [2.24, 2.45) is 0 Å². The molecule has 0 atom stereocenters. The molecule has 1 amide bonds. The van der Waals surface area contributed by atoms with Crippen molar-refractivity contribution in [2.75, 3.05) is 6.54 Å². The summed E-state index contributed by atoms with van der Waals surface area (Å²) in [7, 11) is 0. The molecule has 3 rings (SSSR count). The van der Waals surface area contributed by atoms with Crippen LogP contribution in [-0.2, 0) is 16.0 Å². The van der Waals surface area contributed by atoms with Crippen LogP contribution in [0.2, 0.25) is 0 Å². The van der Waals surface area contributed by atoms with Gasteiger partial charge < -0.3 is 19.9 Å². The minimum Gasteiger partial charge on any atom is -0.491 e. The minimum atomic E-state index is -1.14. The summed E-state index contributed by atoms with van der Waals surface area (Å²) in [5, 5.41) is 12.1. The van der Waals surface area contributed by atoms with Gasteiger partial charge in [0.15, 0.2) is 0 Å². The summed E-state index contributed by atoms with van der Waals surface area (Å²) in [4.78, 5) is 26.4. The Hall–Kier alpha value is -3.61. The van der Waals surface area contributed by atoms with Gasteiger partial charge in [0.25, 0.3) is 0 Å². The van der Waals surface area contributed by atoms with Crippen LogP contribution in [0.1, 0.15) is 25.8 Å². The van der Waals surface area contributed by atoms with Gasteiger partial charge in [-0.2, -0.15) is 0 Å². The highest BCUT2D eigenvalue weighted by Crippen LogP contribution is 2.25. The lowest BCUT2D eigenvalue weighted by atomic mass is 10.1. The number of rotatable bonds is 9. The van der Waals surface area contributed by atoms with Gasteiger partial charge in [-0.1, -0.05) is 6.07 Å². The van der Waals surface area contributed by atoms with Crippen LogP contribution in [-0.4, -0.2) is 34.6 Å². The number of carboxylic acid groups (broad SMARTS) is 1. The number of amides is 1. The van der Waals surface area contributed by atoms with Crippen molar-refractivity contribution in [2.45, 2.75) is 32.8 Å². The lowest BCUT2D eigenvalue weighted by Crippen LogP contribution is -2.27. The number of benzene rings is 2. The van der Waals surface area contributed by atoms with Crippen LogP contribution >= 0.6 is 0 Å². The number of ether oxygens (including phenoxy) is 2. The molecule has 0 saturated carbocycles. The van der Waals surface area contributed by atoms with Crippen LogP contribution in [0.4, 0.5) is 0 Å². The summed E-state index contributed by atoms with van der Waals surface area (Å²) in [6, 6.07) is 17.0. The van der Waals surface area contributed by atoms with Crippen molar-refractivity contribution >= 4 is 22.8 Å². The average Bonchev–Trinajstić information content (AvgIpc) is 2.68. The van der Waals surface area contributed by atoms with E-state index in [2.05, 4.69) is 10.3 Å². The normalized spacial score (nSPS) is 10.8. The van der Waals surface area contributed by atoms with E-state index in [1.165, 1.54) is 0 Å². The summed E-state index contributed by atoms with van der Waals surface area (Å²) < 4.78 is 11.5. The number of carbonyl (C=O) groups is 2. The van der Waals surface area contributed by atoms with E-state index in [1.807, 2.05) is 62.4 Å². The van der Waals surface area contributed by atoms with Crippen molar-refractivity contribution in [3.05, 3.63) is 60.2 Å². The summed E-state index contributed by atoms with van der Waals surface area (Å²) in [5.74, 6) is 0.327. The van der Waals surface area contributed by atoms with E-state index < -0.39 is 18.3 Å². The molecule has 7 heteroatoms. The number of fused-ring (bicyclic) bond motifs is 1. The summed E-state index contributed by atoms with van der Waals surface area (Å²) in [6.45, 7) is 4.33. The van der Waals surface area contributed by atoms with Crippen molar-refractivity contribution in [1.29, 1.82) is 0 Å². The Morgan fingerprint density at radius 1 is 1.03 bits per heavy atom. The first kappa shape index (κ1) is 21.1. The van der Waals surface area contributed by atoms with Gasteiger partial charge in [0.2, 0.25) is 11.8 Å². The smallest absolute Gasteiger partial charge is 0.312 e. The molecule has 2 aromatic carbocycles. The molecule has 2 N–H and O–H groups in total. The molecule has 30 heavy (non-hydrogen) atoms. The van der Waals surface area contributed by atoms with Gasteiger partial charge in [-0.15, -0.1) is 0 Å². The Labute approximate surface area is 174 Å². The zero-order chi connectivity index (χ0) is 21.5. The second-order valence-electron chi connectivity index (χ2n) is 7.09. The van der Waals surface area contributed by atoms with Gasteiger partial charge in [-0.3, -0.25) is 9.59 Å². The maximum atomic E-state index is 11.4. The molecule has 0 bridgehead atoms. The van der Waals surface area contributed by atoms with Crippen LogP contribution in [0.5, 0.6) is 17.4 Å². The number of aliphatic carboxylic acids is 1. The van der Waals surface area contributed by atoms with Gasteiger partial charge in [-0.05, 0) is 68.3 Å². The van der Waals surface area contributed by atoms with Gasteiger partial charge in [0.05, 0.1) is 11.6 Å². The molecular formula is C23H24N2O5. The van der Waals surface area contributed by atoms with Gasteiger partial charge in [0.1, 0.15) is 17.9 Å². The Morgan fingerprint density at radius 3 is 2.47 bits per heavy atom. The lowest BCUT2D eigenvalue weighted by Gasteiger charge is -2.11. The highest BCUT2D eigenvalue weighted by atomic mass is 16.5. The average molecular weight is 408 g/mol. The Kier molecular flexibility index (Phi) is 6.85. The lowest BCUT2D eigenvalue weighted by molar-refractivity contribution is -0.140. The third kappa shape index (κ3) is 6.20. The maximum absolute atomic E-state index is 11.4. The molecule has 0 aliphatic carbocycles. The standard InChI is InChI=1S/C23H24N2O5/c1-15(2)29-18-5-7-19(8-6-18)30-22-10-4-17-13-16(3-9-20(17)25-22)11-12-24-21(26)14-23(27)28/h3-10,13,15H,11-12,14H2,1-2H3,(H,24,26)(H,27,28). The van der Waals surface area contributed by atoms with E-state index in [-0.39, 0.29) is 6.10 Å². The predicted molar refractivity (Wildman–Crippen MR) is 113 cm³/mol. The Morgan fingerprint density at radius 2 is 1.77 bits per heavy atom. The topological polar surface area (TPSA) is 97.8 Å². The Balaban J connectivity index is 1.60. The molecule has 7 nitrogen and oxygen atoms in total. The molecule has 3 aromatic rings. The number of hydrogen-bond acceptors (Lipinski definition) is 5. The first-order chi connectivity index (χ1) is 14.4. The van der Waals surface area contributed by atoms with Gasteiger partial charge >= 0.3 is 5.97 Å². The van der Waals surface area contributed by atoms with E-state index in [9.17, 15) is 9.59 Å². The fourth-order valence-electron chi connectivity index (χ4n) is 2.89. The number of pyridine rings is 1. The van der Waals surface area contributed by atoms with Crippen LogP contribution in [0.15, 0.2) is 54.6 Å². The van der Waals surface area contributed by atoms with Crippen molar-refractivity contribution < 1.29 is 24.2 Å². The SMILES string of the molecule is CC(C)Oc1ccc(Oc2ccc3cc(CCNC(=O)CC(=O)O)ccc3n2)cc1. The van der Waals surface area contributed by atoms with Gasteiger partial charge in [0, 0.05) is 18.0 Å². The fraction of sp³-hybridized carbons (Fsp3) is 0.261. The van der Waals surface area contributed by atoms with Crippen LogP contribution in [0.3, 0.4) is 0 Å². The molecule has 0 spiro atoms. The molecular weight excluding hydrogens is 384 g/mol. The first-order valence-electron chi connectivity index (χ1n) is 9.72. The van der Waals surface area contributed by atoms with Crippen molar-refractivity contribution in [3.63, 3.8) is 0 Å². The number of nitrogens with one attached hydrogen (secondary N) is 1. The molecule has 0 fully saturated rings. The number of nitrogens with zero attached hydrogens (tertiary/aromatic N) is 1. The third-order valence-electron chi connectivity index (χ3n) is 4.19. The largest absolute Gasteiger partial charge is 0.491 e. The predicted octanol–water partition coefficient (Wildman–Crippen LogP) is 3.95. The molecule has 0 unspecified atom stereocenters. The van der Waals surface area contributed by atoms with E-state index >= 15 is 0 Å². The van der Waals surface area contributed by atoms with E-state index in [1.54, 1.807) is 6.07 Å². The number of carbonyl (C=O) groups excluding carboxylic acids is 1. The summed E-state index contributed by atoms with van der Waals surface area (Å²) in [6.07, 6.45) is 0.201. The first-order valence-corrected chi connectivity index (χ1v) is 9.72. The third-order valence-corrected chi connectivity index (χ3v) is 4.19. The quantitative estimate of drug-likeness (QED) is 0.520. The summed E-state index contributed by atoms with van der Waals surface area (Å²) in [5.41, 5.74) is 1.82. The number of hydrogen-bond donors (Lipinski definition) is 2. The minimum absolute atomic E-state index is 0.116. The van der Waals surface area contributed by atoms with E-state index in [4.69, 9.17) is 14.6 Å². The second-order valence-corrected chi connectivity index (χ2v) is 7.09. The van der Waals surface area contributed by atoms with Crippen LogP contribution < -0.4 is 14.8 Å². The summed E-state index contributed by atoms with van der Waals surface area (Å²) >= 11 is 0. The molecule has 0 saturated heterocycles. The molecule has 1 aromatic heterocycles. The molecule has 0 radical (unpaired) electrons. The second kappa shape index (κ2) is 9.73. The van der Waals surface area contributed by atoms with Gasteiger partial charge in [-0.25, -0.2) is 4.98 Å².